The van der Waals surface area contributed by atoms with Crippen LogP contribution in [0.2, 0.25) is 5.02 Å². The average molecular weight is 611 g/mol. The van der Waals surface area contributed by atoms with E-state index in [1.165, 1.54) is 11.9 Å². The Labute approximate surface area is 214 Å². The zero-order chi connectivity index (χ0) is 23.8. The molecule has 5 nitrogen and oxygen atoms in total. The normalized spacial score (nSPS) is 16.1. The molecule has 0 fully saturated rings. The molecule has 0 aromatic heterocycles. The van der Waals surface area contributed by atoms with Crippen molar-refractivity contribution in [3.63, 3.8) is 0 Å². The third kappa shape index (κ3) is 5.24. The predicted molar refractivity (Wildman–Crippen MR) is 137 cm³/mol. The van der Waals surface area contributed by atoms with Gasteiger partial charge >= 0.3 is 0 Å². The van der Waals surface area contributed by atoms with Crippen LogP contribution in [-0.4, -0.2) is 25.0 Å². The van der Waals surface area contributed by atoms with Crippen LogP contribution in [-0.2, 0) is 20.4 Å². The molecule has 0 saturated carbocycles. The number of amides is 1. The molecule has 1 heterocycles. The van der Waals surface area contributed by atoms with Crippen LogP contribution in [0.1, 0.15) is 36.1 Å². The Morgan fingerprint density at radius 2 is 1.79 bits per heavy atom. The molecule has 1 unspecified atom stereocenters. The molecule has 1 aliphatic heterocycles. The van der Waals surface area contributed by atoms with Crippen LogP contribution in [0.25, 0.3) is 0 Å². The Hall–Kier alpha value is -2.00. The van der Waals surface area contributed by atoms with Gasteiger partial charge in [-0.1, -0.05) is 70.0 Å². The van der Waals surface area contributed by atoms with Crippen molar-refractivity contribution < 1.29 is 13.2 Å². The standard InChI is InChI=1S/C24H19Br2ClN2O3S/c1-15(30)29-23(19-4-2-3-5-21(19)27)13-22(28-29)17-8-6-16(7-9-17)14-33(31,32)24-12-18(25)10-11-20(24)26/h2-12,23H,13-14H2,1H3. The van der Waals surface area contributed by atoms with Gasteiger partial charge in [-0.05, 0) is 56.9 Å². The number of hydrogen-bond acceptors (Lipinski definition) is 4. The number of sulfone groups is 1. The number of hydrogen-bond donors (Lipinski definition) is 0. The average Bonchev–Trinajstić information content (AvgIpc) is 3.21. The summed E-state index contributed by atoms with van der Waals surface area (Å²) in [5.74, 6) is -0.298. The molecule has 1 amide bonds. The first kappa shape index (κ1) is 24.1. The van der Waals surface area contributed by atoms with Gasteiger partial charge in [0.1, 0.15) is 0 Å². The van der Waals surface area contributed by atoms with E-state index in [1.807, 2.05) is 30.3 Å². The first-order valence-electron chi connectivity index (χ1n) is 10.0. The molecule has 3 aromatic carbocycles. The molecule has 0 radical (unpaired) electrons. The van der Waals surface area contributed by atoms with Crippen LogP contribution in [0.15, 0.2) is 85.7 Å². The summed E-state index contributed by atoms with van der Waals surface area (Å²) in [7, 11) is -3.54. The van der Waals surface area contributed by atoms with Gasteiger partial charge in [0.2, 0.25) is 5.91 Å². The van der Waals surface area contributed by atoms with Crippen molar-refractivity contribution in [2.24, 2.45) is 5.10 Å². The third-order valence-corrected chi connectivity index (χ3v) is 8.88. The molecule has 1 aliphatic rings. The molecule has 0 spiro atoms. The highest BCUT2D eigenvalue weighted by atomic mass is 79.9. The zero-order valence-electron chi connectivity index (χ0n) is 17.5. The van der Waals surface area contributed by atoms with Crippen molar-refractivity contribution in [2.75, 3.05) is 0 Å². The van der Waals surface area contributed by atoms with Crippen LogP contribution in [0.3, 0.4) is 0 Å². The van der Waals surface area contributed by atoms with E-state index in [9.17, 15) is 13.2 Å². The molecule has 0 saturated heterocycles. The smallest absolute Gasteiger partial charge is 0.240 e. The summed E-state index contributed by atoms with van der Waals surface area (Å²) < 4.78 is 27.1. The fourth-order valence-corrected chi connectivity index (χ4v) is 6.99. The lowest BCUT2D eigenvalue weighted by molar-refractivity contribution is -0.130. The Morgan fingerprint density at radius 3 is 2.45 bits per heavy atom. The Bertz CT molecular complexity index is 1360. The number of benzene rings is 3. The molecule has 0 N–H and O–H groups in total. The van der Waals surface area contributed by atoms with Gasteiger partial charge in [-0.2, -0.15) is 5.10 Å². The van der Waals surface area contributed by atoms with E-state index in [1.54, 1.807) is 36.4 Å². The minimum Gasteiger partial charge on any atom is -0.273 e. The van der Waals surface area contributed by atoms with E-state index in [0.29, 0.717) is 26.0 Å². The van der Waals surface area contributed by atoms with Crippen molar-refractivity contribution >= 4 is 64.9 Å². The molecule has 33 heavy (non-hydrogen) atoms. The van der Waals surface area contributed by atoms with Crippen molar-refractivity contribution in [3.05, 3.63) is 97.4 Å². The number of hydrazone groups is 1. The monoisotopic (exact) mass is 608 g/mol. The van der Waals surface area contributed by atoms with Crippen LogP contribution < -0.4 is 0 Å². The summed E-state index contributed by atoms with van der Waals surface area (Å²) in [5.41, 5.74) is 3.09. The number of halogens is 3. The van der Waals surface area contributed by atoms with Crippen molar-refractivity contribution in [3.8, 4) is 0 Å². The lowest BCUT2D eigenvalue weighted by atomic mass is 9.98. The molecule has 4 rings (SSSR count). The quantitative estimate of drug-likeness (QED) is 0.330. The SMILES string of the molecule is CC(=O)N1N=C(c2ccc(CS(=O)(=O)c3cc(Br)ccc3Br)cc2)CC1c1ccccc1Cl. The molecule has 170 valence electrons. The summed E-state index contributed by atoms with van der Waals surface area (Å²) in [5, 5.41) is 6.59. The lowest BCUT2D eigenvalue weighted by Crippen LogP contribution is -2.24. The van der Waals surface area contributed by atoms with Crippen molar-refractivity contribution in [1.82, 2.24) is 5.01 Å². The van der Waals surface area contributed by atoms with Gasteiger partial charge in [-0.15, -0.1) is 0 Å². The maximum Gasteiger partial charge on any atom is 0.240 e. The van der Waals surface area contributed by atoms with Gasteiger partial charge in [-0.3, -0.25) is 4.79 Å². The van der Waals surface area contributed by atoms with Gasteiger partial charge in [0.15, 0.2) is 9.84 Å². The van der Waals surface area contributed by atoms with Gasteiger partial charge in [0.05, 0.1) is 22.4 Å². The Kier molecular flexibility index (Phi) is 7.09. The highest BCUT2D eigenvalue weighted by Crippen LogP contribution is 2.36. The van der Waals surface area contributed by atoms with Gasteiger partial charge < -0.3 is 0 Å². The molecular weight excluding hydrogens is 592 g/mol. The number of nitrogens with zero attached hydrogens (tertiary/aromatic N) is 2. The summed E-state index contributed by atoms with van der Waals surface area (Å²) in [6.07, 6.45) is 0.520. The number of carbonyl (C=O) groups is 1. The summed E-state index contributed by atoms with van der Waals surface area (Å²) in [6.45, 7) is 1.48. The molecule has 0 aliphatic carbocycles. The second-order valence-corrected chi connectivity index (χ2v) is 11.8. The maximum absolute atomic E-state index is 12.9. The van der Waals surface area contributed by atoms with Crippen LogP contribution in [0.5, 0.6) is 0 Å². The third-order valence-electron chi connectivity index (χ3n) is 5.37. The van der Waals surface area contributed by atoms with Crippen molar-refractivity contribution in [1.29, 1.82) is 0 Å². The van der Waals surface area contributed by atoms with E-state index in [-0.39, 0.29) is 22.6 Å². The van der Waals surface area contributed by atoms with E-state index < -0.39 is 9.84 Å². The Morgan fingerprint density at radius 1 is 1.09 bits per heavy atom. The second-order valence-electron chi connectivity index (χ2n) is 7.68. The predicted octanol–water partition coefficient (Wildman–Crippen LogP) is 6.54. The van der Waals surface area contributed by atoms with Gasteiger partial charge in [0.25, 0.3) is 0 Å². The lowest BCUT2D eigenvalue weighted by Gasteiger charge is -2.21. The zero-order valence-corrected chi connectivity index (χ0v) is 22.2. The molecule has 0 bridgehead atoms. The summed E-state index contributed by atoms with van der Waals surface area (Å²) in [6, 6.07) is 19.5. The minimum absolute atomic E-state index is 0.128. The second kappa shape index (κ2) is 9.70. The Balaban J connectivity index is 1.57. The largest absolute Gasteiger partial charge is 0.273 e. The topological polar surface area (TPSA) is 66.8 Å². The molecule has 3 aromatic rings. The summed E-state index contributed by atoms with van der Waals surface area (Å²) >= 11 is 13.0. The first-order valence-corrected chi connectivity index (χ1v) is 13.7. The number of rotatable bonds is 5. The van der Waals surface area contributed by atoms with Gasteiger partial charge in [-0.25, -0.2) is 13.4 Å². The van der Waals surface area contributed by atoms with E-state index >= 15 is 0 Å². The molecular formula is C24H19Br2ClN2O3S. The van der Waals surface area contributed by atoms with Crippen LogP contribution >= 0.6 is 43.5 Å². The minimum atomic E-state index is -3.54. The molecule has 1 atom stereocenters. The van der Waals surface area contributed by atoms with E-state index in [4.69, 9.17) is 11.6 Å². The first-order chi connectivity index (χ1) is 15.7. The van der Waals surface area contributed by atoms with Crippen LogP contribution in [0, 0.1) is 0 Å². The highest BCUT2D eigenvalue weighted by Gasteiger charge is 2.32. The van der Waals surface area contributed by atoms with Crippen molar-refractivity contribution in [2.45, 2.75) is 30.0 Å². The fourth-order valence-electron chi connectivity index (χ4n) is 3.77. The number of carbonyl (C=O) groups excluding carboxylic acids is 1. The highest BCUT2D eigenvalue weighted by molar-refractivity contribution is 9.11. The van der Waals surface area contributed by atoms with Crippen LogP contribution in [0.4, 0.5) is 0 Å². The molecule has 9 heteroatoms. The maximum atomic E-state index is 12.9. The fraction of sp³-hybridized carbons (Fsp3) is 0.167. The van der Waals surface area contributed by atoms with E-state index in [0.717, 1.165) is 16.8 Å². The van der Waals surface area contributed by atoms with E-state index in [2.05, 4.69) is 37.0 Å². The van der Waals surface area contributed by atoms with Gasteiger partial charge in [0, 0.05) is 27.3 Å². The summed E-state index contributed by atoms with van der Waals surface area (Å²) in [4.78, 5) is 12.5.